The smallest absolute Gasteiger partial charge is 0.292 e. The van der Waals surface area contributed by atoms with Crippen LogP contribution < -0.4 is 16.0 Å². The molecule has 2 amide bonds. The minimum atomic E-state index is -0.463. The van der Waals surface area contributed by atoms with Crippen molar-refractivity contribution >= 4 is 23.2 Å². The number of amides is 2. The van der Waals surface area contributed by atoms with Crippen molar-refractivity contribution in [3.05, 3.63) is 34.4 Å². The van der Waals surface area contributed by atoms with Gasteiger partial charge in [-0.05, 0) is 18.9 Å². The Kier molecular flexibility index (Phi) is 6.90. The summed E-state index contributed by atoms with van der Waals surface area (Å²) in [6, 6.07) is 6.31. The Labute approximate surface area is 152 Å². The summed E-state index contributed by atoms with van der Waals surface area (Å²) in [5.74, 6) is -0.474. The van der Waals surface area contributed by atoms with Crippen LogP contribution in [0.2, 0.25) is 0 Å². The van der Waals surface area contributed by atoms with Gasteiger partial charge in [-0.25, -0.2) is 0 Å². The first-order valence-electron chi connectivity index (χ1n) is 8.64. The van der Waals surface area contributed by atoms with E-state index in [2.05, 4.69) is 5.32 Å². The van der Waals surface area contributed by atoms with Gasteiger partial charge in [-0.1, -0.05) is 12.1 Å². The largest absolute Gasteiger partial charge is 0.360 e. The molecule has 0 spiro atoms. The number of carbonyl (C=O) groups excluding carboxylic acids is 2. The van der Waals surface area contributed by atoms with Gasteiger partial charge in [0.1, 0.15) is 5.69 Å². The molecular formula is C17H25N5O4. The molecule has 0 saturated carbocycles. The summed E-state index contributed by atoms with van der Waals surface area (Å²) in [6.45, 7) is 1.76. The molecule has 1 heterocycles. The Hall–Kier alpha value is -2.68. The van der Waals surface area contributed by atoms with Gasteiger partial charge in [0, 0.05) is 39.3 Å². The molecule has 1 aliphatic heterocycles. The minimum Gasteiger partial charge on any atom is -0.360 e. The molecule has 142 valence electrons. The third-order valence-corrected chi connectivity index (χ3v) is 4.45. The van der Waals surface area contributed by atoms with E-state index in [1.165, 1.54) is 6.07 Å². The SMILES string of the molecule is CN(CC(=O)N1CCCC(C(=O)NCCN)C1)c1ccccc1[N+](=O)[O-]. The van der Waals surface area contributed by atoms with Crippen molar-refractivity contribution in [2.45, 2.75) is 12.8 Å². The highest BCUT2D eigenvalue weighted by atomic mass is 16.6. The highest BCUT2D eigenvalue weighted by Gasteiger charge is 2.29. The van der Waals surface area contributed by atoms with E-state index in [9.17, 15) is 19.7 Å². The quantitative estimate of drug-likeness (QED) is 0.532. The van der Waals surface area contributed by atoms with Crippen molar-refractivity contribution in [2.75, 3.05) is 44.7 Å². The number of rotatable bonds is 7. The number of nitrogens with two attached hydrogens (primary N) is 1. The Balaban J connectivity index is 1.98. The number of hydrogen-bond acceptors (Lipinski definition) is 6. The number of likely N-dealkylation sites (N-methyl/N-ethyl adjacent to an activating group) is 1. The number of benzene rings is 1. The third kappa shape index (κ3) is 4.92. The van der Waals surface area contributed by atoms with Crippen molar-refractivity contribution in [1.82, 2.24) is 10.2 Å². The van der Waals surface area contributed by atoms with E-state index < -0.39 is 4.92 Å². The fourth-order valence-corrected chi connectivity index (χ4v) is 3.09. The van der Waals surface area contributed by atoms with Gasteiger partial charge in [0.15, 0.2) is 0 Å². The second-order valence-corrected chi connectivity index (χ2v) is 6.36. The molecule has 1 atom stereocenters. The number of anilines is 1. The van der Waals surface area contributed by atoms with Crippen LogP contribution in [-0.4, -0.2) is 61.4 Å². The molecule has 1 aliphatic rings. The second kappa shape index (κ2) is 9.14. The van der Waals surface area contributed by atoms with Crippen LogP contribution in [0, 0.1) is 16.0 Å². The van der Waals surface area contributed by atoms with E-state index in [0.29, 0.717) is 31.9 Å². The maximum atomic E-state index is 12.6. The number of nitrogens with zero attached hydrogens (tertiary/aromatic N) is 3. The Morgan fingerprint density at radius 3 is 2.85 bits per heavy atom. The van der Waals surface area contributed by atoms with Gasteiger partial charge in [0.25, 0.3) is 5.69 Å². The predicted octanol–water partition coefficient (Wildman–Crippen LogP) is 0.345. The lowest BCUT2D eigenvalue weighted by atomic mass is 9.97. The average Bonchev–Trinajstić information content (AvgIpc) is 2.66. The first-order valence-corrected chi connectivity index (χ1v) is 8.64. The molecule has 3 N–H and O–H groups in total. The van der Waals surface area contributed by atoms with Gasteiger partial charge in [0.2, 0.25) is 11.8 Å². The Bertz CT molecular complexity index is 666. The molecule has 2 rings (SSSR count). The highest BCUT2D eigenvalue weighted by Crippen LogP contribution is 2.26. The van der Waals surface area contributed by atoms with E-state index in [0.717, 1.165) is 12.8 Å². The number of hydrogen-bond donors (Lipinski definition) is 2. The van der Waals surface area contributed by atoms with Crippen molar-refractivity contribution in [3.8, 4) is 0 Å². The standard InChI is InChI=1S/C17H25N5O4/c1-20(14-6-2-3-7-15(14)22(25)26)12-16(23)21-10-4-5-13(11-21)17(24)19-9-8-18/h2-3,6-7,13H,4-5,8-12,18H2,1H3,(H,19,24). The van der Waals surface area contributed by atoms with Gasteiger partial charge < -0.3 is 20.9 Å². The summed E-state index contributed by atoms with van der Waals surface area (Å²) in [4.78, 5) is 38.6. The maximum Gasteiger partial charge on any atom is 0.292 e. The van der Waals surface area contributed by atoms with Crippen LogP contribution in [0.1, 0.15) is 12.8 Å². The van der Waals surface area contributed by atoms with Crippen molar-refractivity contribution in [1.29, 1.82) is 0 Å². The lowest BCUT2D eigenvalue weighted by molar-refractivity contribution is -0.384. The summed E-state index contributed by atoms with van der Waals surface area (Å²) in [6.07, 6.45) is 1.49. The molecule has 0 aliphatic carbocycles. The van der Waals surface area contributed by atoms with Gasteiger partial charge in [-0.15, -0.1) is 0 Å². The minimum absolute atomic E-state index is 0.0159. The second-order valence-electron chi connectivity index (χ2n) is 6.36. The summed E-state index contributed by atoms with van der Waals surface area (Å²) < 4.78 is 0. The van der Waals surface area contributed by atoms with Crippen molar-refractivity contribution < 1.29 is 14.5 Å². The summed E-state index contributed by atoms with van der Waals surface area (Å²) >= 11 is 0. The molecule has 9 heteroatoms. The van der Waals surface area contributed by atoms with Crippen LogP contribution in [0.4, 0.5) is 11.4 Å². The van der Waals surface area contributed by atoms with E-state index in [1.54, 1.807) is 35.0 Å². The van der Waals surface area contributed by atoms with Crippen molar-refractivity contribution in [2.24, 2.45) is 11.7 Å². The van der Waals surface area contributed by atoms with Gasteiger partial charge in [-0.2, -0.15) is 0 Å². The molecule has 1 fully saturated rings. The van der Waals surface area contributed by atoms with Gasteiger partial charge in [0.05, 0.1) is 17.4 Å². The first-order chi connectivity index (χ1) is 12.4. The van der Waals surface area contributed by atoms with Crippen LogP contribution in [-0.2, 0) is 9.59 Å². The average molecular weight is 363 g/mol. The van der Waals surface area contributed by atoms with Crippen LogP contribution in [0.15, 0.2) is 24.3 Å². The monoisotopic (exact) mass is 363 g/mol. The lowest BCUT2D eigenvalue weighted by Crippen LogP contribution is -2.48. The lowest BCUT2D eigenvalue weighted by Gasteiger charge is -2.33. The maximum absolute atomic E-state index is 12.6. The normalized spacial score (nSPS) is 16.8. The topological polar surface area (TPSA) is 122 Å². The number of likely N-dealkylation sites (tertiary alicyclic amines) is 1. The number of carbonyl (C=O) groups is 2. The van der Waals surface area contributed by atoms with E-state index in [-0.39, 0.29) is 30.0 Å². The Morgan fingerprint density at radius 2 is 2.15 bits per heavy atom. The molecule has 26 heavy (non-hydrogen) atoms. The van der Waals surface area contributed by atoms with Crippen LogP contribution in [0.25, 0.3) is 0 Å². The van der Waals surface area contributed by atoms with Crippen LogP contribution in [0.3, 0.4) is 0 Å². The fraction of sp³-hybridized carbons (Fsp3) is 0.529. The number of nitro benzene ring substituents is 1. The number of piperidine rings is 1. The molecule has 1 unspecified atom stereocenters. The van der Waals surface area contributed by atoms with Crippen LogP contribution >= 0.6 is 0 Å². The summed E-state index contributed by atoms with van der Waals surface area (Å²) in [7, 11) is 1.65. The van der Waals surface area contributed by atoms with Crippen molar-refractivity contribution in [3.63, 3.8) is 0 Å². The molecule has 0 aromatic heterocycles. The summed E-state index contributed by atoms with van der Waals surface area (Å²) in [5.41, 5.74) is 5.74. The van der Waals surface area contributed by atoms with E-state index in [1.807, 2.05) is 0 Å². The zero-order valence-corrected chi connectivity index (χ0v) is 14.9. The fourth-order valence-electron chi connectivity index (χ4n) is 3.09. The molecule has 1 saturated heterocycles. The number of nitrogens with one attached hydrogen (secondary N) is 1. The zero-order chi connectivity index (χ0) is 19.1. The first kappa shape index (κ1) is 19.6. The Morgan fingerprint density at radius 1 is 1.42 bits per heavy atom. The van der Waals surface area contributed by atoms with Gasteiger partial charge >= 0.3 is 0 Å². The highest BCUT2D eigenvalue weighted by molar-refractivity contribution is 5.84. The molecule has 0 radical (unpaired) electrons. The van der Waals surface area contributed by atoms with E-state index in [4.69, 9.17) is 5.73 Å². The molecule has 1 aromatic rings. The molecular weight excluding hydrogens is 338 g/mol. The summed E-state index contributed by atoms with van der Waals surface area (Å²) in [5, 5.41) is 13.9. The third-order valence-electron chi connectivity index (χ3n) is 4.45. The van der Waals surface area contributed by atoms with Crippen LogP contribution in [0.5, 0.6) is 0 Å². The molecule has 1 aromatic carbocycles. The molecule has 0 bridgehead atoms. The number of nitro groups is 1. The zero-order valence-electron chi connectivity index (χ0n) is 14.9. The number of para-hydroxylation sites is 2. The predicted molar refractivity (Wildman–Crippen MR) is 97.7 cm³/mol. The van der Waals surface area contributed by atoms with E-state index >= 15 is 0 Å². The van der Waals surface area contributed by atoms with Gasteiger partial charge in [-0.3, -0.25) is 19.7 Å². The molecule has 9 nitrogen and oxygen atoms in total.